The number of sulfone groups is 1. The largest absolute Gasteiger partial charge is 0.483 e. The van der Waals surface area contributed by atoms with Gasteiger partial charge in [0.15, 0.2) is 16.4 Å². The summed E-state index contributed by atoms with van der Waals surface area (Å²) in [5, 5.41) is 0. The van der Waals surface area contributed by atoms with Crippen molar-refractivity contribution in [1.29, 1.82) is 0 Å². The van der Waals surface area contributed by atoms with E-state index in [0.29, 0.717) is 12.2 Å². The molecule has 7 heteroatoms. The van der Waals surface area contributed by atoms with Crippen LogP contribution in [-0.4, -0.2) is 49.4 Å². The number of hydrogen-bond acceptors (Lipinski definition) is 4. The van der Waals surface area contributed by atoms with Gasteiger partial charge in [0.05, 0.1) is 16.0 Å². The van der Waals surface area contributed by atoms with E-state index < -0.39 is 9.84 Å². The molecule has 3 rings (SSSR count). The highest BCUT2D eigenvalue weighted by Crippen LogP contribution is 2.30. The fraction of sp³-hybridized carbons (Fsp3) is 0.588. The number of carbonyl (C=O) groups is 1. The van der Waals surface area contributed by atoms with Gasteiger partial charge in [0, 0.05) is 12.1 Å². The lowest BCUT2D eigenvalue weighted by atomic mass is 10.1. The molecule has 1 atom stereocenters. The highest BCUT2D eigenvalue weighted by atomic mass is 79.9. The highest BCUT2D eigenvalue weighted by molar-refractivity contribution is 9.10. The SMILES string of the molecule is O=C(COc1ccccc1Br)N(C1CCCC1)[C@@H]1CCS(=O)(=O)C1. The molecular weight excluding hydrogens is 394 g/mol. The standard InChI is InChI=1S/C17H22BrNO4S/c18-15-7-3-4-8-16(15)23-11-17(20)19(13-5-1-2-6-13)14-9-10-24(21,22)12-14/h3-4,7-8,13-14H,1-2,5-6,9-12H2/t14-/m1/s1. The van der Waals surface area contributed by atoms with Gasteiger partial charge in [-0.2, -0.15) is 0 Å². The van der Waals surface area contributed by atoms with Gasteiger partial charge in [-0.1, -0.05) is 25.0 Å². The molecule has 0 radical (unpaired) electrons. The molecule has 0 unspecified atom stereocenters. The maximum Gasteiger partial charge on any atom is 0.261 e. The number of amides is 1. The van der Waals surface area contributed by atoms with E-state index in [0.717, 1.165) is 30.2 Å². The van der Waals surface area contributed by atoms with Crippen LogP contribution in [-0.2, 0) is 14.6 Å². The number of para-hydroxylation sites is 1. The molecule has 132 valence electrons. The number of carbonyl (C=O) groups excluding carboxylic acids is 1. The molecule has 24 heavy (non-hydrogen) atoms. The zero-order valence-corrected chi connectivity index (χ0v) is 15.9. The van der Waals surface area contributed by atoms with Crippen molar-refractivity contribution in [2.24, 2.45) is 0 Å². The molecule has 0 bridgehead atoms. The van der Waals surface area contributed by atoms with Gasteiger partial charge in [0.25, 0.3) is 5.91 Å². The second kappa shape index (κ2) is 7.44. The topological polar surface area (TPSA) is 63.7 Å². The van der Waals surface area contributed by atoms with Crippen LogP contribution in [0.25, 0.3) is 0 Å². The van der Waals surface area contributed by atoms with Crippen molar-refractivity contribution in [2.75, 3.05) is 18.1 Å². The van der Waals surface area contributed by atoms with Gasteiger partial charge in [-0.3, -0.25) is 4.79 Å². The Kier molecular flexibility index (Phi) is 5.49. The minimum Gasteiger partial charge on any atom is -0.483 e. The van der Waals surface area contributed by atoms with Crippen LogP contribution in [0.15, 0.2) is 28.7 Å². The average Bonchev–Trinajstić information content (AvgIpc) is 3.17. The Morgan fingerprint density at radius 3 is 2.50 bits per heavy atom. The van der Waals surface area contributed by atoms with E-state index >= 15 is 0 Å². The van der Waals surface area contributed by atoms with Crippen molar-refractivity contribution in [3.63, 3.8) is 0 Å². The summed E-state index contributed by atoms with van der Waals surface area (Å²) in [6.07, 6.45) is 4.65. The maximum absolute atomic E-state index is 12.8. The Morgan fingerprint density at radius 2 is 1.88 bits per heavy atom. The molecule has 1 aliphatic carbocycles. The predicted molar refractivity (Wildman–Crippen MR) is 95.8 cm³/mol. The Hall–Kier alpha value is -1.08. The molecule has 1 saturated heterocycles. The molecule has 1 aromatic carbocycles. The van der Waals surface area contributed by atoms with E-state index in [1.165, 1.54) is 0 Å². The minimum absolute atomic E-state index is 0.0599. The summed E-state index contributed by atoms with van der Waals surface area (Å²) in [7, 11) is -3.02. The van der Waals surface area contributed by atoms with Crippen LogP contribution >= 0.6 is 15.9 Å². The Balaban J connectivity index is 1.70. The number of benzene rings is 1. The number of halogens is 1. The summed E-state index contributed by atoms with van der Waals surface area (Å²) in [4.78, 5) is 14.6. The van der Waals surface area contributed by atoms with E-state index in [1.54, 1.807) is 6.07 Å². The normalized spacial score (nSPS) is 23.3. The molecule has 5 nitrogen and oxygen atoms in total. The maximum atomic E-state index is 12.8. The zero-order valence-electron chi connectivity index (χ0n) is 13.5. The molecule has 0 aromatic heterocycles. The van der Waals surface area contributed by atoms with Gasteiger partial charge in [-0.25, -0.2) is 8.42 Å². The molecule has 1 saturated carbocycles. The molecule has 2 fully saturated rings. The Morgan fingerprint density at radius 1 is 1.17 bits per heavy atom. The number of nitrogens with zero attached hydrogens (tertiary/aromatic N) is 1. The first-order chi connectivity index (χ1) is 11.5. The molecule has 2 aliphatic rings. The molecule has 1 aliphatic heterocycles. The van der Waals surface area contributed by atoms with E-state index in [1.807, 2.05) is 23.1 Å². The van der Waals surface area contributed by atoms with E-state index in [2.05, 4.69) is 15.9 Å². The fourth-order valence-corrected chi connectivity index (χ4v) is 5.77. The lowest BCUT2D eigenvalue weighted by Crippen LogP contribution is -2.48. The summed E-state index contributed by atoms with van der Waals surface area (Å²) in [6.45, 7) is -0.0599. The second-order valence-electron chi connectivity index (χ2n) is 6.52. The molecule has 0 spiro atoms. The fourth-order valence-electron chi connectivity index (χ4n) is 3.66. The average molecular weight is 416 g/mol. The molecule has 1 aromatic rings. The smallest absolute Gasteiger partial charge is 0.261 e. The molecular formula is C17H22BrNO4S. The second-order valence-corrected chi connectivity index (χ2v) is 9.60. The third-order valence-corrected chi connectivity index (χ3v) is 7.20. The van der Waals surface area contributed by atoms with Crippen molar-refractivity contribution in [3.8, 4) is 5.75 Å². The molecule has 1 amide bonds. The van der Waals surface area contributed by atoms with Gasteiger partial charge in [-0.15, -0.1) is 0 Å². The van der Waals surface area contributed by atoms with Crippen LogP contribution in [0.2, 0.25) is 0 Å². The monoisotopic (exact) mass is 415 g/mol. The van der Waals surface area contributed by atoms with Crippen LogP contribution in [0.4, 0.5) is 0 Å². The van der Waals surface area contributed by atoms with Crippen molar-refractivity contribution in [1.82, 2.24) is 4.90 Å². The van der Waals surface area contributed by atoms with Gasteiger partial charge < -0.3 is 9.64 Å². The third kappa shape index (κ3) is 4.11. The quantitative estimate of drug-likeness (QED) is 0.741. The predicted octanol–water partition coefficient (Wildman–Crippen LogP) is 2.79. The minimum atomic E-state index is -3.02. The van der Waals surface area contributed by atoms with Crippen LogP contribution in [0, 0.1) is 0 Å². The first-order valence-corrected chi connectivity index (χ1v) is 11.0. The summed E-state index contributed by atoms with van der Waals surface area (Å²) >= 11 is 3.40. The first-order valence-electron chi connectivity index (χ1n) is 8.35. The van der Waals surface area contributed by atoms with Crippen molar-refractivity contribution < 1.29 is 17.9 Å². The van der Waals surface area contributed by atoms with Gasteiger partial charge >= 0.3 is 0 Å². The van der Waals surface area contributed by atoms with Crippen LogP contribution < -0.4 is 4.74 Å². The Bertz CT molecular complexity index is 700. The summed E-state index contributed by atoms with van der Waals surface area (Å²) in [5.41, 5.74) is 0. The van der Waals surface area contributed by atoms with Gasteiger partial charge in [0.1, 0.15) is 5.75 Å². The lowest BCUT2D eigenvalue weighted by Gasteiger charge is -2.34. The van der Waals surface area contributed by atoms with Gasteiger partial charge in [0.2, 0.25) is 0 Å². The van der Waals surface area contributed by atoms with E-state index in [4.69, 9.17) is 4.74 Å². The number of hydrogen-bond donors (Lipinski definition) is 0. The number of ether oxygens (including phenoxy) is 1. The van der Waals surface area contributed by atoms with Gasteiger partial charge in [-0.05, 0) is 47.3 Å². The van der Waals surface area contributed by atoms with Crippen LogP contribution in [0.1, 0.15) is 32.1 Å². The lowest BCUT2D eigenvalue weighted by molar-refractivity contribution is -0.137. The van der Waals surface area contributed by atoms with E-state index in [9.17, 15) is 13.2 Å². The van der Waals surface area contributed by atoms with Crippen LogP contribution in [0.5, 0.6) is 5.75 Å². The van der Waals surface area contributed by atoms with Crippen LogP contribution in [0.3, 0.4) is 0 Å². The third-order valence-electron chi connectivity index (χ3n) is 4.80. The van der Waals surface area contributed by atoms with Crippen molar-refractivity contribution >= 4 is 31.7 Å². The summed E-state index contributed by atoms with van der Waals surface area (Å²) in [5.74, 6) is 0.778. The zero-order chi connectivity index (χ0) is 17.2. The molecule has 1 heterocycles. The van der Waals surface area contributed by atoms with E-state index in [-0.39, 0.29) is 36.1 Å². The van der Waals surface area contributed by atoms with Crippen molar-refractivity contribution in [2.45, 2.75) is 44.2 Å². The van der Waals surface area contributed by atoms with Crippen molar-refractivity contribution in [3.05, 3.63) is 28.7 Å². The first kappa shape index (κ1) is 17.7. The highest BCUT2D eigenvalue weighted by Gasteiger charge is 2.39. The number of rotatable bonds is 5. The summed E-state index contributed by atoms with van der Waals surface area (Å²) in [6, 6.07) is 7.35. The summed E-state index contributed by atoms with van der Waals surface area (Å²) < 4.78 is 30.1. The Labute approximate surface area is 151 Å². The molecule has 0 N–H and O–H groups in total.